The van der Waals surface area contributed by atoms with Gasteiger partial charge in [-0.2, -0.15) is 0 Å². The molecule has 5 rings (SSSR count). The maximum Gasteiger partial charge on any atom is 0.407 e. The monoisotopic (exact) mass is 709 g/mol. The Bertz CT molecular complexity index is 1630. The van der Waals surface area contributed by atoms with E-state index in [9.17, 15) is 24.3 Å². The first-order chi connectivity index (χ1) is 25.4. The molecule has 2 heterocycles. The molecule has 10 nitrogen and oxygen atoms in total. The quantitative estimate of drug-likeness (QED) is 0.126. The van der Waals surface area contributed by atoms with Crippen LogP contribution in [-0.2, 0) is 49.9 Å². The van der Waals surface area contributed by atoms with E-state index in [0.717, 1.165) is 22.3 Å². The number of carbonyl (C=O) groups excluding carboxylic acids is 4. The minimum Gasteiger partial charge on any atom is -0.463 e. The van der Waals surface area contributed by atoms with Crippen molar-refractivity contribution in [1.82, 2.24) is 15.5 Å². The lowest BCUT2D eigenvalue weighted by atomic mass is 9.92. The Balaban J connectivity index is 1.22. The molecule has 0 saturated carbocycles. The summed E-state index contributed by atoms with van der Waals surface area (Å²) in [6.45, 7) is 0.807. The highest BCUT2D eigenvalue weighted by molar-refractivity contribution is 5.86. The van der Waals surface area contributed by atoms with Gasteiger partial charge in [-0.3, -0.25) is 14.4 Å². The topological polar surface area (TPSA) is 134 Å². The van der Waals surface area contributed by atoms with E-state index in [1.54, 1.807) is 4.90 Å². The number of unbranched alkanes of at least 4 members (excludes halogenated alkanes) is 1. The number of hydrogen-bond donors (Lipinski definition) is 3. The molecule has 0 spiro atoms. The smallest absolute Gasteiger partial charge is 0.407 e. The van der Waals surface area contributed by atoms with Crippen LogP contribution < -0.4 is 10.6 Å². The van der Waals surface area contributed by atoms with Gasteiger partial charge in [-0.05, 0) is 73.6 Å². The van der Waals surface area contributed by atoms with E-state index in [0.29, 0.717) is 64.5 Å². The van der Waals surface area contributed by atoms with Crippen LogP contribution in [0.1, 0.15) is 67.2 Å². The highest BCUT2D eigenvalue weighted by atomic mass is 16.5. The molecule has 4 atom stereocenters. The second-order valence-corrected chi connectivity index (χ2v) is 13.7. The average molecular weight is 710 g/mol. The number of nitrogens with one attached hydrogen (secondary N) is 2. The molecule has 3 amide bonds. The van der Waals surface area contributed by atoms with Crippen LogP contribution in [0.5, 0.6) is 0 Å². The van der Waals surface area contributed by atoms with Crippen molar-refractivity contribution in [3.05, 3.63) is 119 Å². The number of carbonyl (C=O) groups is 4. The van der Waals surface area contributed by atoms with Gasteiger partial charge in [-0.1, -0.05) is 97.1 Å². The second-order valence-electron chi connectivity index (χ2n) is 13.7. The SMILES string of the molecule is O=C(NCCCC[C@H]1COC(=O)[C@@H](Cc2ccccc2)CCC=CC[C@H](CC(=O)N2Cc3ccccc3C[C@H]2CO)C(=O)N1)OCc1ccccc1. The highest BCUT2D eigenvalue weighted by Crippen LogP contribution is 2.26. The summed E-state index contributed by atoms with van der Waals surface area (Å²) in [7, 11) is 0. The number of nitrogens with zero attached hydrogens (tertiary/aromatic N) is 1. The van der Waals surface area contributed by atoms with Crippen LogP contribution in [0.15, 0.2) is 97.1 Å². The fraction of sp³-hybridized carbons (Fsp3) is 0.429. The summed E-state index contributed by atoms with van der Waals surface area (Å²) in [6.07, 6.45) is 7.90. The van der Waals surface area contributed by atoms with Crippen molar-refractivity contribution in [2.45, 2.75) is 83.0 Å². The minimum absolute atomic E-state index is 0.00595. The Morgan fingerprint density at radius 3 is 2.35 bits per heavy atom. The summed E-state index contributed by atoms with van der Waals surface area (Å²) in [4.78, 5) is 55.0. The molecular formula is C42H51N3O7. The van der Waals surface area contributed by atoms with Crippen LogP contribution >= 0.6 is 0 Å². The van der Waals surface area contributed by atoms with E-state index in [1.165, 1.54) is 0 Å². The van der Waals surface area contributed by atoms with Gasteiger partial charge in [0.25, 0.3) is 0 Å². The fourth-order valence-electron chi connectivity index (χ4n) is 6.83. The van der Waals surface area contributed by atoms with Crippen molar-refractivity contribution in [1.29, 1.82) is 0 Å². The Hall–Kier alpha value is -4.96. The van der Waals surface area contributed by atoms with Crippen molar-refractivity contribution >= 4 is 23.9 Å². The molecule has 0 aromatic heterocycles. The minimum atomic E-state index is -0.639. The maximum atomic E-state index is 13.9. The van der Waals surface area contributed by atoms with E-state index >= 15 is 0 Å². The highest BCUT2D eigenvalue weighted by Gasteiger charge is 2.33. The zero-order chi connectivity index (χ0) is 36.5. The van der Waals surface area contributed by atoms with Crippen LogP contribution in [0.4, 0.5) is 4.79 Å². The summed E-state index contributed by atoms with van der Waals surface area (Å²) in [5.41, 5.74) is 4.12. The van der Waals surface area contributed by atoms with E-state index in [2.05, 4.69) is 10.6 Å². The van der Waals surface area contributed by atoms with Crippen molar-refractivity contribution in [2.75, 3.05) is 19.8 Å². The van der Waals surface area contributed by atoms with Crippen LogP contribution in [0.3, 0.4) is 0 Å². The van der Waals surface area contributed by atoms with Gasteiger partial charge in [0.15, 0.2) is 0 Å². The van der Waals surface area contributed by atoms with Gasteiger partial charge in [-0.25, -0.2) is 4.79 Å². The van der Waals surface area contributed by atoms with Crippen molar-refractivity contribution in [3.63, 3.8) is 0 Å². The first kappa shape index (κ1) is 38.3. The van der Waals surface area contributed by atoms with E-state index in [-0.39, 0.29) is 56.0 Å². The molecule has 0 bridgehead atoms. The van der Waals surface area contributed by atoms with Gasteiger partial charge in [0.05, 0.1) is 30.5 Å². The molecule has 0 fully saturated rings. The molecule has 0 saturated heterocycles. The lowest BCUT2D eigenvalue weighted by Gasteiger charge is -2.36. The van der Waals surface area contributed by atoms with Gasteiger partial charge in [0, 0.05) is 19.5 Å². The first-order valence-corrected chi connectivity index (χ1v) is 18.5. The number of fused-ring (bicyclic) bond motifs is 1. The summed E-state index contributed by atoms with van der Waals surface area (Å²) >= 11 is 0. The Morgan fingerprint density at radius 2 is 1.60 bits per heavy atom. The number of ether oxygens (including phenoxy) is 2. The van der Waals surface area contributed by atoms with Gasteiger partial charge in [-0.15, -0.1) is 0 Å². The average Bonchev–Trinajstić information content (AvgIpc) is 3.18. The van der Waals surface area contributed by atoms with Crippen LogP contribution in [-0.4, -0.2) is 65.7 Å². The lowest BCUT2D eigenvalue weighted by molar-refractivity contribution is -0.150. The number of aliphatic hydroxyl groups is 1. The molecule has 10 heteroatoms. The molecule has 3 aromatic carbocycles. The normalized spacial score (nSPS) is 21.0. The number of benzene rings is 3. The molecule has 2 aliphatic heterocycles. The van der Waals surface area contributed by atoms with Crippen molar-refractivity contribution < 1.29 is 33.8 Å². The number of aliphatic hydroxyl groups excluding tert-OH is 1. The number of alkyl carbamates (subject to hydrolysis) is 1. The standard InChI is InChI=1S/C42H51N3O7/c46-28-38-25-33-18-10-11-21-36(33)27-45(38)39(47)26-34-19-8-3-9-20-35(24-31-14-4-1-5-15-31)41(49)51-30-37(44-40(34)48)22-12-13-23-43-42(50)52-29-32-16-6-2-7-17-32/h1-8,10-11,14-18,21,34-35,37-38,46H,9,12-13,19-20,22-30H2,(H,43,50)(H,44,48)/t34-,35-,37+,38+/m1/s1. The van der Waals surface area contributed by atoms with E-state index in [1.807, 2.05) is 97.1 Å². The number of amides is 3. The number of hydrogen-bond acceptors (Lipinski definition) is 7. The van der Waals surface area contributed by atoms with Gasteiger partial charge in [0.1, 0.15) is 13.2 Å². The first-order valence-electron chi connectivity index (χ1n) is 18.5. The second kappa shape index (κ2) is 20.2. The predicted molar refractivity (Wildman–Crippen MR) is 198 cm³/mol. The van der Waals surface area contributed by atoms with E-state index in [4.69, 9.17) is 9.47 Å². The summed E-state index contributed by atoms with van der Waals surface area (Å²) in [6, 6.07) is 26.4. The molecule has 2 aliphatic rings. The van der Waals surface area contributed by atoms with Crippen molar-refractivity contribution in [3.8, 4) is 0 Å². The number of esters is 1. The third-order valence-electron chi connectivity index (χ3n) is 9.84. The van der Waals surface area contributed by atoms with Crippen LogP contribution in [0.2, 0.25) is 0 Å². The van der Waals surface area contributed by atoms with Gasteiger partial charge in [0.2, 0.25) is 11.8 Å². The zero-order valence-corrected chi connectivity index (χ0v) is 29.8. The van der Waals surface area contributed by atoms with Gasteiger partial charge >= 0.3 is 12.1 Å². The van der Waals surface area contributed by atoms with Crippen LogP contribution in [0.25, 0.3) is 0 Å². The summed E-state index contributed by atoms with van der Waals surface area (Å²) in [5.74, 6) is -1.74. The predicted octanol–water partition coefficient (Wildman–Crippen LogP) is 5.66. The third kappa shape index (κ3) is 11.8. The molecule has 0 radical (unpaired) electrons. The summed E-state index contributed by atoms with van der Waals surface area (Å²) < 4.78 is 11.2. The number of allylic oxidation sites excluding steroid dienone is 2. The Kier molecular flexibility index (Phi) is 14.8. The Labute approximate surface area is 306 Å². The van der Waals surface area contributed by atoms with Crippen LogP contribution in [0, 0.1) is 11.8 Å². The number of cyclic esters (lactones) is 1. The molecule has 276 valence electrons. The largest absolute Gasteiger partial charge is 0.463 e. The molecule has 0 aliphatic carbocycles. The third-order valence-corrected chi connectivity index (χ3v) is 9.84. The molecule has 3 aromatic rings. The Morgan fingerprint density at radius 1 is 0.885 bits per heavy atom. The van der Waals surface area contributed by atoms with Crippen molar-refractivity contribution in [2.24, 2.45) is 11.8 Å². The zero-order valence-electron chi connectivity index (χ0n) is 29.8. The lowest BCUT2D eigenvalue weighted by Crippen LogP contribution is -2.48. The summed E-state index contributed by atoms with van der Waals surface area (Å²) in [5, 5.41) is 16.0. The molecular weight excluding hydrogens is 658 g/mol. The molecule has 3 N–H and O–H groups in total. The number of rotatable bonds is 12. The molecule has 52 heavy (non-hydrogen) atoms. The maximum absolute atomic E-state index is 13.9. The van der Waals surface area contributed by atoms with Gasteiger partial charge < -0.3 is 30.1 Å². The fourth-order valence-corrected chi connectivity index (χ4v) is 6.83. The van der Waals surface area contributed by atoms with E-state index < -0.39 is 18.1 Å². The molecule has 0 unspecified atom stereocenters.